The Morgan fingerprint density at radius 3 is 2.84 bits per heavy atom. The first-order chi connectivity index (χ1) is 17.4. The number of nitrogens with one attached hydrogen (secondary N) is 1. The van der Waals surface area contributed by atoms with E-state index in [2.05, 4.69) is 15.2 Å². The molecule has 0 bridgehead atoms. The molecule has 37 heavy (non-hydrogen) atoms. The average Bonchev–Trinajstić information content (AvgIpc) is 3.43. The van der Waals surface area contributed by atoms with Gasteiger partial charge in [-0.05, 0) is 31.7 Å². The summed E-state index contributed by atoms with van der Waals surface area (Å²) in [7, 11) is 0. The van der Waals surface area contributed by atoms with E-state index in [9.17, 15) is 35.5 Å². The van der Waals surface area contributed by atoms with Crippen molar-refractivity contribution >= 4 is 28.3 Å². The predicted octanol–water partition coefficient (Wildman–Crippen LogP) is 2.68. The Labute approximate surface area is 215 Å². The number of amides is 1. The first kappa shape index (κ1) is 28.0. The minimum atomic E-state index is -4.82. The number of piperidine rings is 1. The van der Waals surface area contributed by atoms with Crippen molar-refractivity contribution in [2.45, 2.75) is 63.5 Å². The molecule has 1 fully saturated rings. The number of aryl methyl sites for hydroxylation is 1. The van der Waals surface area contributed by atoms with Crippen molar-refractivity contribution in [1.82, 2.24) is 25.2 Å². The maximum Gasteiger partial charge on any atom is 0.426 e. The highest BCUT2D eigenvalue weighted by Crippen LogP contribution is 2.51. The van der Waals surface area contributed by atoms with Crippen LogP contribution in [0.3, 0.4) is 0 Å². The van der Waals surface area contributed by atoms with Gasteiger partial charge in [0, 0.05) is 36.0 Å². The summed E-state index contributed by atoms with van der Waals surface area (Å²) in [5.74, 6) is -1.25. The summed E-state index contributed by atoms with van der Waals surface area (Å²) < 4.78 is 96.0. The molecule has 0 saturated carbocycles. The van der Waals surface area contributed by atoms with Crippen LogP contribution in [-0.2, 0) is 47.1 Å². The highest BCUT2D eigenvalue weighted by molar-refractivity contribution is 7.79. The van der Waals surface area contributed by atoms with Gasteiger partial charge in [-0.15, -0.1) is 16.4 Å². The number of aromatic nitrogens is 3. The summed E-state index contributed by atoms with van der Waals surface area (Å²) in [6, 6.07) is -0.133. The van der Waals surface area contributed by atoms with Crippen molar-refractivity contribution in [1.29, 1.82) is 0 Å². The number of likely N-dealkylation sites (tertiary alicyclic amines) is 1. The van der Waals surface area contributed by atoms with E-state index in [4.69, 9.17) is 4.74 Å². The molecule has 4 rings (SSSR count). The monoisotopic (exact) mass is 570 g/mol. The molecule has 2 aromatic heterocycles. The zero-order chi connectivity index (χ0) is 27.0. The zero-order valence-corrected chi connectivity index (χ0v) is 21.4. The molecule has 2 aliphatic rings. The van der Waals surface area contributed by atoms with E-state index < -0.39 is 52.2 Å². The maximum absolute atomic E-state index is 13.9. The number of hydrogen-bond donors (Lipinski definition) is 1. The summed E-state index contributed by atoms with van der Waals surface area (Å²) in [4.78, 5) is 13.9. The summed E-state index contributed by atoms with van der Waals surface area (Å²) in [6.07, 6.45) is -5.25. The maximum atomic E-state index is 13.9. The van der Waals surface area contributed by atoms with Crippen LogP contribution in [0.5, 0.6) is 0 Å². The first-order valence-electron chi connectivity index (χ1n) is 11.5. The molecule has 3 atom stereocenters. The highest BCUT2D eigenvalue weighted by atomic mass is 32.2. The number of thiophene rings is 1. The van der Waals surface area contributed by atoms with Gasteiger partial charge in [-0.2, -0.15) is 13.2 Å². The average molecular weight is 571 g/mol. The van der Waals surface area contributed by atoms with Crippen molar-refractivity contribution < 1.29 is 40.2 Å². The predicted molar refractivity (Wildman–Crippen MR) is 122 cm³/mol. The Bertz CT molecular complexity index is 1160. The van der Waals surface area contributed by atoms with Crippen LogP contribution in [0.4, 0.5) is 22.0 Å². The number of hydrogen-bond acceptors (Lipinski definition) is 8. The number of ether oxygens (including phenoxy) is 1. The lowest BCUT2D eigenvalue weighted by Crippen LogP contribution is -2.50. The fourth-order valence-corrected chi connectivity index (χ4v) is 6.64. The van der Waals surface area contributed by atoms with E-state index in [1.807, 2.05) is 12.2 Å². The van der Waals surface area contributed by atoms with Crippen LogP contribution in [0.15, 0.2) is 6.20 Å². The topological polar surface area (TPSA) is 112 Å². The fraction of sp³-hybridized carbons (Fsp3) is 0.667. The largest absolute Gasteiger partial charge is 0.772 e. The molecule has 9 nitrogen and oxygen atoms in total. The SMILES string of the molecule is C[C@H]1C[C@@]2(CCN1Cc1cn(CCS(=O)[O-])nn1)OCCc1c2sc(C(F)(F)F)c1C(=O)NCC(F)F. The zero-order valence-electron chi connectivity index (χ0n) is 19.7. The molecule has 1 amide bonds. The van der Waals surface area contributed by atoms with Crippen molar-refractivity contribution in [3.8, 4) is 0 Å². The molecule has 1 spiro atoms. The van der Waals surface area contributed by atoms with E-state index in [-0.39, 0.29) is 36.9 Å². The number of nitrogens with zero attached hydrogens (tertiary/aromatic N) is 4. The molecule has 16 heteroatoms. The van der Waals surface area contributed by atoms with Gasteiger partial charge >= 0.3 is 6.18 Å². The van der Waals surface area contributed by atoms with Gasteiger partial charge in [0.15, 0.2) is 0 Å². The Hall–Kier alpha value is -2.01. The van der Waals surface area contributed by atoms with Gasteiger partial charge in [0.25, 0.3) is 12.3 Å². The summed E-state index contributed by atoms with van der Waals surface area (Å²) >= 11 is -1.73. The molecule has 206 valence electrons. The second-order valence-corrected chi connectivity index (χ2v) is 11.1. The standard InChI is InChI=1S/C21H26F5N5O4S2/c1-12-8-20(3-4-30(12)10-13-11-31(29-28-13)5-7-37(33)34)17-14(2-6-35-20)16(18(36-17)21(24,25)26)19(32)27-9-15(22)23/h11-12,15H,2-10H2,1H3,(H,27,32)(H,33,34)/p-1/t12-,20+/m0/s1. The third kappa shape index (κ3) is 6.19. The Morgan fingerprint density at radius 1 is 1.43 bits per heavy atom. The second-order valence-electron chi connectivity index (χ2n) is 9.06. The highest BCUT2D eigenvalue weighted by Gasteiger charge is 2.49. The lowest BCUT2D eigenvalue weighted by Gasteiger charge is -2.47. The van der Waals surface area contributed by atoms with Crippen LogP contribution < -0.4 is 5.32 Å². The van der Waals surface area contributed by atoms with E-state index in [1.165, 1.54) is 4.68 Å². The third-order valence-corrected chi connectivity index (χ3v) is 8.52. The summed E-state index contributed by atoms with van der Waals surface area (Å²) in [5, 5.41) is 9.91. The number of rotatable bonds is 8. The molecule has 1 saturated heterocycles. The van der Waals surface area contributed by atoms with Gasteiger partial charge in [-0.25, -0.2) is 8.78 Å². The molecule has 0 radical (unpaired) electrons. The van der Waals surface area contributed by atoms with E-state index in [0.29, 0.717) is 47.8 Å². The number of carbonyl (C=O) groups excluding carboxylic acids is 1. The lowest BCUT2D eigenvalue weighted by atomic mass is 9.81. The Kier molecular flexibility index (Phi) is 8.33. The van der Waals surface area contributed by atoms with Crippen molar-refractivity contribution in [2.24, 2.45) is 0 Å². The van der Waals surface area contributed by atoms with Crippen LogP contribution in [-0.4, -0.2) is 72.5 Å². The van der Waals surface area contributed by atoms with Crippen LogP contribution in [0, 0.1) is 0 Å². The van der Waals surface area contributed by atoms with Crippen LogP contribution in [0.25, 0.3) is 0 Å². The molecule has 2 aromatic rings. The minimum Gasteiger partial charge on any atom is -0.772 e. The van der Waals surface area contributed by atoms with Gasteiger partial charge in [0.2, 0.25) is 0 Å². The fourth-order valence-electron chi connectivity index (χ4n) is 4.91. The van der Waals surface area contributed by atoms with Gasteiger partial charge in [-0.3, -0.25) is 18.6 Å². The van der Waals surface area contributed by atoms with Crippen LogP contribution in [0.2, 0.25) is 0 Å². The van der Waals surface area contributed by atoms with Crippen LogP contribution >= 0.6 is 11.3 Å². The van der Waals surface area contributed by atoms with Gasteiger partial charge in [-0.1, -0.05) is 16.3 Å². The van der Waals surface area contributed by atoms with Crippen molar-refractivity contribution in [2.75, 3.05) is 25.4 Å². The summed E-state index contributed by atoms with van der Waals surface area (Å²) in [6.45, 7) is 2.03. The Morgan fingerprint density at radius 2 is 2.19 bits per heavy atom. The van der Waals surface area contributed by atoms with Crippen molar-refractivity contribution in [3.05, 3.63) is 32.8 Å². The van der Waals surface area contributed by atoms with Gasteiger partial charge in [0.05, 0.1) is 31.0 Å². The number of alkyl halides is 5. The smallest absolute Gasteiger partial charge is 0.426 e. The third-order valence-electron chi connectivity index (χ3n) is 6.54. The minimum absolute atomic E-state index is 0.0798. The van der Waals surface area contributed by atoms with Crippen LogP contribution in [0.1, 0.15) is 51.1 Å². The molecule has 2 aliphatic heterocycles. The molecule has 0 aromatic carbocycles. The van der Waals surface area contributed by atoms with Gasteiger partial charge in [0.1, 0.15) is 10.5 Å². The lowest BCUT2D eigenvalue weighted by molar-refractivity contribution is -0.134. The molecular weight excluding hydrogens is 545 g/mol. The molecule has 1 unspecified atom stereocenters. The van der Waals surface area contributed by atoms with E-state index >= 15 is 0 Å². The number of carbonyl (C=O) groups is 1. The van der Waals surface area contributed by atoms with E-state index in [1.54, 1.807) is 6.20 Å². The molecule has 0 aliphatic carbocycles. The molecule has 1 N–H and O–H groups in total. The molecular formula is C21H25F5N5O4S2-. The quantitative estimate of drug-likeness (QED) is 0.384. The normalized spacial score (nSPS) is 23.4. The molecule has 4 heterocycles. The number of halogens is 5. The van der Waals surface area contributed by atoms with Gasteiger partial charge < -0.3 is 14.6 Å². The number of fused-ring (bicyclic) bond motifs is 2. The first-order valence-corrected chi connectivity index (χ1v) is 13.6. The van der Waals surface area contributed by atoms with Crippen molar-refractivity contribution in [3.63, 3.8) is 0 Å². The van der Waals surface area contributed by atoms with E-state index in [0.717, 1.165) is 0 Å². The Balaban J connectivity index is 1.55. The summed E-state index contributed by atoms with van der Waals surface area (Å²) in [5.41, 5.74) is -0.764. The second kappa shape index (κ2) is 11.0.